The third kappa shape index (κ3) is 5.85. The molecular weight excluding hydrogens is 474 g/mol. The smallest absolute Gasteiger partial charge is 0.260 e. The molecule has 1 amide bonds. The third-order valence-electron chi connectivity index (χ3n) is 4.76. The highest BCUT2D eigenvalue weighted by atomic mass is 79.9. The number of hydrogen-bond donors (Lipinski definition) is 0. The molecule has 0 aliphatic carbocycles. The Hall–Kier alpha value is -2.86. The molecule has 1 aliphatic heterocycles. The Kier molecular flexibility index (Phi) is 7.69. The van der Waals surface area contributed by atoms with Crippen molar-refractivity contribution in [3.05, 3.63) is 52.0 Å². The minimum absolute atomic E-state index is 0.00336. The Bertz CT molecular complexity index is 988. The molecule has 0 aromatic heterocycles. The first-order valence-corrected chi connectivity index (χ1v) is 10.6. The van der Waals surface area contributed by atoms with Crippen LogP contribution < -0.4 is 14.2 Å². The van der Waals surface area contributed by atoms with E-state index in [2.05, 4.69) is 15.9 Å². The fourth-order valence-electron chi connectivity index (χ4n) is 3.23. The molecule has 1 heterocycles. The van der Waals surface area contributed by atoms with Gasteiger partial charge in [-0.2, -0.15) is 5.26 Å². The molecular formula is C22H21BrF2N2O4. The van der Waals surface area contributed by atoms with E-state index in [0.29, 0.717) is 54.1 Å². The molecule has 1 aliphatic rings. The quantitative estimate of drug-likeness (QED) is 0.568. The fourth-order valence-corrected chi connectivity index (χ4v) is 3.79. The minimum Gasteiger partial charge on any atom is -0.490 e. The molecule has 2 aromatic rings. The van der Waals surface area contributed by atoms with Gasteiger partial charge in [0, 0.05) is 38.1 Å². The number of benzene rings is 2. The maximum absolute atomic E-state index is 13.8. The molecule has 0 radical (unpaired) electrons. The first kappa shape index (κ1) is 22.8. The summed E-state index contributed by atoms with van der Waals surface area (Å²) in [7, 11) is 0. The molecule has 1 fully saturated rings. The van der Waals surface area contributed by atoms with Crippen LogP contribution in [0, 0.1) is 23.0 Å². The molecule has 0 spiro atoms. The van der Waals surface area contributed by atoms with E-state index in [9.17, 15) is 13.6 Å². The number of piperidine rings is 1. The minimum atomic E-state index is -0.745. The number of ether oxygens (including phenoxy) is 3. The summed E-state index contributed by atoms with van der Waals surface area (Å²) in [5.74, 6) is -0.862. The van der Waals surface area contributed by atoms with Crippen molar-refractivity contribution >= 4 is 21.8 Å². The zero-order valence-electron chi connectivity index (χ0n) is 16.9. The van der Waals surface area contributed by atoms with Crippen molar-refractivity contribution in [3.8, 4) is 23.3 Å². The molecule has 0 bridgehead atoms. The normalized spacial score (nSPS) is 14.1. The van der Waals surface area contributed by atoms with Gasteiger partial charge in [0.1, 0.15) is 11.9 Å². The lowest BCUT2D eigenvalue weighted by atomic mass is 10.1. The summed E-state index contributed by atoms with van der Waals surface area (Å²) in [5, 5.41) is 9.10. The lowest BCUT2D eigenvalue weighted by Crippen LogP contribution is -2.43. The molecule has 2 aromatic carbocycles. The van der Waals surface area contributed by atoms with E-state index in [0.717, 1.165) is 12.1 Å². The number of hydrogen-bond acceptors (Lipinski definition) is 5. The van der Waals surface area contributed by atoms with Crippen LogP contribution >= 0.6 is 15.9 Å². The van der Waals surface area contributed by atoms with Crippen LogP contribution in [0.15, 0.2) is 34.8 Å². The van der Waals surface area contributed by atoms with Gasteiger partial charge in [-0.1, -0.05) is 0 Å². The van der Waals surface area contributed by atoms with E-state index >= 15 is 0 Å². The van der Waals surface area contributed by atoms with Crippen LogP contribution in [-0.2, 0) is 4.79 Å². The molecule has 0 atom stereocenters. The second-order valence-electron chi connectivity index (χ2n) is 6.89. The summed E-state index contributed by atoms with van der Waals surface area (Å²) in [4.78, 5) is 14.2. The largest absolute Gasteiger partial charge is 0.490 e. The number of carbonyl (C=O) groups excluding carboxylic acids is 1. The van der Waals surface area contributed by atoms with Crippen LogP contribution in [-0.4, -0.2) is 43.2 Å². The molecule has 3 rings (SSSR count). The van der Waals surface area contributed by atoms with Crippen LogP contribution in [0.3, 0.4) is 0 Å². The van der Waals surface area contributed by atoms with E-state index in [-0.39, 0.29) is 24.4 Å². The highest BCUT2D eigenvalue weighted by Crippen LogP contribution is 2.37. The number of nitriles is 1. The molecule has 9 heteroatoms. The first-order chi connectivity index (χ1) is 14.9. The van der Waals surface area contributed by atoms with Crippen molar-refractivity contribution in [2.24, 2.45) is 0 Å². The van der Waals surface area contributed by atoms with Gasteiger partial charge in [-0.3, -0.25) is 4.79 Å². The number of likely N-dealkylation sites (tertiary alicyclic amines) is 1. The molecule has 0 saturated carbocycles. The number of carbonyl (C=O) groups is 1. The summed E-state index contributed by atoms with van der Waals surface area (Å²) in [6, 6.07) is 8.39. The molecule has 164 valence electrons. The van der Waals surface area contributed by atoms with Gasteiger partial charge >= 0.3 is 0 Å². The van der Waals surface area contributed by atoms with E-state index in [1.165, 1.54) is 6.07 Å². The zero-order valence-corrected chi connectivity index (χ0v) is 18.5. The molecule has 31 heavy (non-hydrogen) atoms. The highest BCUT2D eigenvalue weighted by Gasteiger charge is 2.25. The second kappa shape index (κ2) is 10.4. The second-order valence-corrected chi connectivity index (χ2v) is 7.75. The van der Waals surface area contributed by atoms with Gasteiger partial charge < -0.3 is 19.1 Å². The highest BCUT2D eigenvalue weighted by molar-refractivity contribution is 9.10. The SMILES string of the molecule is CCOc1cc(C#N)cc(Br)c1OCC(=O)N1CCC(Oc2ccc(F)cc2F)CC1. The fraction of sp³-hybridized carbons (Fsp3) is 0.364. The predicted octanol–water partition coefficient (Wildman–Crippen LogP) is 4.45. The summed E-state index contributed by atoms with van der Waals surface area (Å²) in [5.41, 5.74) is 0.411. The monoisotopic (exact) mass is 494 g/mol. The number of rotatable bonds is 7. The Balaban J connectivity index is 1.54. The van der Waals surface area contributed by atoms with Gasteiger partial charge in [0.25, 0.3) is 5.91 Å². The van der Waals surface area contributed by atoms with E-state index in [1.54, 1.807) is 17.0 Å². The summed E-state index contributed by atoms with van der Waals surface area (Å²) >= 11 is 3.35. The van der Waals surface area contributed by atoms with Crippen molar-refractivity contribution < 1.29 is 27.8 Å². The summed E-state index contributed by atoms with van der Waals surface area (Å²) < 4.78 is 44.1. The third-order valence-corrected chi connectivity index (χ3v) is 5.35. The van der Waals surface area contributed by atoms with Crippen molar-refractivity contribution in [1.29, 1.82) is 5.26 Å². The van der Waals surface area contributed by atoms with Gasteiger partial charge in [0.15, 0.2) is 29.7 Å². The van der Waals surface area contributed by atoms with Crippen molar-refractivity contribution in [1.82, 2.24) is 4.90 Å². The number of nitrogens with zero attached hydrogens (tertiary/aromatic N) is 2. The molecule has 6 nitrogen and oxygen atoms in total. The Labute approximate surface area is 187 Å². The summed E-state index contributed by atoms with van der Waals surface area (Å²) in [6.07, 6.45) is 0.780. The maximum atomic E-state index is 13.8. The van der Waals surface area contributed by atoms with Gasteiger partial charge in [0.05, 0.1) is 22.7 Å². The van der Waals surface area contributed by atoms with E-state index in [4.69, 9.17) is 19.5 Å². The van der Waals surface area contributed by atoms with Crippen LogP contribution in [0.2, 0.25) is 0 Å². The number of amides is 1. The van der Waals surface area contributed by atoms with Crippen LogP contribution in [0.25, 0.3) is 0 Å². The predicted molar refractivity (Wildman–Crippen MR) is 112 cm³/mol. The zero-order chi connectivity index (χ0) is 22.4. The Morgan fingerprint density at radius 3 is 2.58 bits per heavy atom. The van der Waals surface area contributed by atoms with Crippen LogP contribution in [0.1, 0.15) is 25.3 Å². The standard InChI is InChI=1S/C22H21BrF2N2O4/c1-2-29-20-10-14(12-26)9-17(23)22(20)30-13-21(28)27-7-5-16(6-8-27)31-19-4-3-15(24)11-18(19)25/h3-4,9-11,16H,2,5-8,13H2,1H3. The van der Waals surface area contributed by atoms with Crippen molar-refractivity contribution in [2.75, 3.05) is 26.3 Å². The molecule has 1 saturated heterocycles. The van der Waals surface area contributed by atoms with Crippen molar-refractivity contribution in [2.45, 2.75) is 25.9 Å². The average Bonchev–Trinajstić information content (AvgIpc) is 2.75. The average molecular weight is 495 g/mol. The van der Waals surface area contributed by atoms with Crippen LogP contribution in [0.5, 0.6) is 17.2 Å². The Morgan fingerprint density at radius 2 is 1.94 bits per heavy atom. The first-order valence-electron chi connectivity index (χ1n) is 9.80. The molecule has 0 N–H and O–H groups in total. The summed E-state index contributed by atoms with van der Waals surface area (Å²) in [6.45, 7) is 2.87. The maximum Gasteiger partial charge on any atom is 0.260 e. The lowest BCUT2D eigenvalue weighted by molar-refractivity contribution is -0.135. The van der Waals surface area contributed by atoms with Crippen LogP contribution in [0.4, 0.5) is 8.78 Å². The lowest BCUT2D eigenvalue weighted by Gasteiger charge is -2.32. The van der Waals surface area contributed by atoms with Gasteiger partial charge in [0.2, 0.25) is 0 Å². The van der Waals surface area contributed by atoms with Crippen molar-refractivity contribution in [3.63, 3.8) is 0 Å². The number of halogens is 3. The van der Waals surface area contributed by atoms with E-state index in [1.807, 2.05) is 13.0 Å². The topological polar surface area (TPSA) is 71.8 Å². The molecule has 0 unspecified atom stereocenters. The van der Waals surface area contributed by atoms with Gasteiger partial charge in [-0.05, 0) is 41.1 Å². The van der Waals surface area contributed by atoms with Gasteiger partial charge in [-0.25, -0.2) is 8.78 Å². The van der Waals surface area contributed by atoms with E-state index < -0.39 is 11.6 Å². The van der Waals surface area contributed by atoms with Gasteiger partial charge in [-0.15, -0.1) is 0 Å². The Morgan fingerprint density at radius 1 is 1.19 bits per heavy atom.